The largest absolute Gasteiger partial charge is 0.494 e. The highest BCUT2D eigenvalue weighted by atomic mass is 35.5. The van der Waals surface area contributed by atoms with Crippen LogP contribution in [-0.4, -0.2) is 28.6 Å². The summed E-state index contributed by atoms with van der Waals surface area (Å²) < 4.78 is 6.94. The number of ether oxygens (including phenoxy) is 1. The zero-order valence-electron chi connectivity index (χ0n) is 11.6. The Morgan fingerprint density at radius 2 is 2.10 bits per heavy atom. The van der Waals surface area contributed by atoms with Crippen LogP contribution in [0.5, 0.6) is 5.75 Å². The van der Waals surface area contributed by atoms with Crippen LogP contribution in [0.25, 0.3) is 0 Å². The number of nitrogens with one attached hydrogen (secondary N) is 1. The van der Waals surface area contributed by atoms with Gasteiger partial charge in [-0.15, -0.1) is 0 Å². The van der Waals surface area contributed by atoms with Crippen molar-refractivity contribution in [2.24, 2.45) is 0 Å². The van der Waals surface area contributed by atoms with Crippen LogP contribution in [0.3, 0.4) is 0 Å². The van der Waals surface area contributed by atoms with Gasteiger partial charge in [-0.05, 0) is 19.1 Å². The Morgan fingerprint density at radius 1 is 1.43 bits per heavy atom. The molecule has 0 bridgehead atoms. The molecule has 2 rings (SSSR count). The number of aromatic nitrogens is 2. The first kappa shape index (κ1) is 15.7. The molecule has 0 aliphatic carbocycles. The van der Waals surface area contributed by atoms with Gasteiger partial charge in [0.05, 0.1) is 23.5 Å². The van der Waals surface area contributed by atoms with Gasteiger partial charge in [-0.2, -0.15) is 0 Å². The molecule has 0 aliphatic rings. The van der Waals surface area contributed by atoms with Crippen molar-refractivity contribution >= 4 is 29.1 Å². The van der Waals surface area contributed by atoms with Crippen LogP contribution in [-0.2, 0) is 6.54 Å². The molecule has 0 fully saturated rings. The molecule has 1 unspecified atom stereocenters. The quantitative estimate of drug-likeness (QED) is 0.918. The molecule has 112 valence electrons. The van der Waals surface area contributed by atoms with Gasteiger partial charge in [0.25, 0.3) is 5.91 Å². The number of benzene rings is 1. The van der Waals surface area contributed by atoms with E-state index in [2.05, 4.69) is 10.3 Å². The molecule has 1 aromatic carbocycles. The molecule has 5 nitrogen and oxygen atoms in total. The van der Waals surface area contributed by atoms with Gasteiger partial charge in [0.15, 0.2) is 5.75 Å². The molecule has 2 aromatic rings. The van der Waals surface area contributed by atoms with Gasteiger partial charge in [-0.3, -0.25) is 4.79 Å². The summed E-state index contributed by atoms with van der Waals surface area (Å²) >= 11 is 12.1. The van der Waals surface area contributed by atoms with Crippen LogP contribution in [0, 0.1) is 0 Å². The fourth-order valence-corrected chi connectivity index (χ4v) is 2.59. The van der Waals surface area contributed by atoms with E-state index in [1.807, 2.05) is 17.7 Å². The summed E-state index contributed by atoms with van der Waals surface area (Å²) in [6.07, 6.45) is 5.23. The normalized spacial score (nSPS) is 12.0. The highest BCUT2D eigenvalue weighted by Crippen LogP contribution is 2.33. The molecule has 1 amide bonds. The van der Waals surface area contributed by atoms with Crippen molar-refractivity contribution < 1.29 is 9.53 Å². The maximum absolute atomic E-state index is 12.2. The van der Waals surface area contributed by atoms with Gasteiger partial charge in [-0.1, -0.05) is 23.2 Å². The van der Waals surface area contributed by atoms with E-state index in [-0.39, 0.29) is 11.9 Å². The van der Waals surface area contributed by atoms with Gasteiger partial charge in [0, 0.05) is 30.5 Å². The van der Waals surface area contributed by atoms with Crippen LogP contribution < -0.4 is 10.1 Å². The lowest BCUT2D eigenvalue weighted by Gasteiger charge is -2.15. The van der Waals surface area contributed by atoms with Crippen molar-refractivity contribution in [2.45, 2.75) is 19.5 Å². The summed E-state index contributed by atoms with van der Waals surface area (Å²) in [5, 5.41) is 3.49. The lowest BCUT2D eigenvalue weighted by atomic mass is 10.2. The maximum Gasteiger partial charge on any atom is 0.251 e. The third-order valence-corrected chi connectivity index (χ3v) is 3.45. The van der Waals surface area contributed by atoms with Gasteiger partial charge in [-0.25, -0.2) is 4.98 Å². The number of hydrogen-bond donors (Lipinski definition) is 1. The molecule has 0 saturated heterocycles. The van der Waals surface area contributed by atoms with E-state index in [4.69, 9.17) is 27.9 Å². The van der Waals surface area contributed by atoms with Gasteiger partial charge in [0.2, 0.25) is 0 Å². The Morgan fingerprint density at radius 3 is 2.62 bits per heavy atom. The maximum atomic E-state index is 12.2. The predicted molar refractivity (Wildman–Crippen MR) is 82.2 cm³/mol. The molecule has 0 aliphatic heterocycles. The minimum atomic E-state index is -0.242. The van der Waals surface area contributed by atoms with E-state index in [0.29, 0.717) is 27.9 Å². The molecular weight excluding hydrogens is 313 g/mol. The van der Waals surface area contributed by atoms with Crippen LogP contribution in [0.4, 0.5) is 0 Å². The number of halogens is 2. The molecule has 0 radical (unpaired) electrons. The number of amides is 1. The topological polar surface area (TPSA) is 56.1 Å². The average Bonchev–Trinajstić information content (AvgIpc) is 2.90. The number of carbonyl (C=O) groups excluding carboxylic acids is 1. The van der Waals surface area contributed by atoms with Crippen LogP contribution in [0.2, 0.25) is 10.0 Å². The van der Waals surface area contributed by atoms with E-state index in [9.17, 15) is 4.79 Å². The zero-order chi connectivity index (χ0) is 15.4. The van der Waals surface area contributed by atoms with E-state index >= 15 is 0 Å². The van der Waals surface area contributed by atoms with E-state index < -0.39 is 0 Å². The van der Waals surface area contributed by atoms with Crippen molar-refractivity contribution in [1.82, 2.24) is 14.9 Å². The molecule has 21 heavy (non-hydrogen) atoms. The molecule has 1 atom stereocenters. The summed E-state index contributed by atoms with van der Waals surface area (Å²) in [7, 11) is 1.47. The van der Waals surface area contributed by atoms with Crippen molar-refractivity contribution in [1.29, 1.82) is 0 Å². The molecule has 1 heterocycles. The van der Waals surface area contributed by atoms with Crippen LogP contribution in [0.1, 0.15) is 17.3 Å². The zero-order valence-corrected chi connectivity index (χ0v) is 13.1. The standard InChI is InChI=1S/C14H15Cl2N3O2/c1-9(7-19-4-3-17-8-19)18-14(20)10-5-11(15)13(21-2)12(16)6-10/h3-6,8-9H,7H2,1-2H3,(H,18,20). The Hall–Kier alpha value is -1.72. The lowest BCUT2D eigenvalue weighted by Crippen LogP contribution is -2.35. The van der Waals surface area contributed by atoms with Crippen LogP contribution in [0.15, 0.2) is 30.9 Å². The molecule has 7 heteroatoms. The number of carbonyl (C=O) groups is 1. The van der Waals surface area contributed by atoms with Crippen molar-refractivity contribution in [3.05, 3.63) is 46.5 Å². The number of methoxy groups -OCH3 is 1. The number of nitrogens with zero attached hydrogens (tertiary/aromatic N) is 2. The average molecular weight is 328 g/mol. The second kappa shape index (κ2) is 6.83. The summed E-state index contributed by atoms with van der Waals surface area (Å²) in [4.78, 5) is 16.1. The molecule has 1 N–H and O–H groups in total. The third-order valence-electron chi connectivity index (χ3n) is 2.89. The molecular formula is C14H15Cl2N3O2. The molecule has 1 aromatic heterocycles. The van der Waals surface area contributed by atoms with E-state index in [1.54, 1.807) is 12.5 Å². The van der Waals surface area contributed by atoms with Crippen molar-refractivity contribution in [3.8, 4) is 5.75 Å². The fourth-order valence-electron chi connectivity index (χ4n) is 1.95. The first-order valence-electron chi connectivity index (χ1n) is 6.31. The number of hydrogen-bond acceptors (Lipinski definition) is 3. The number of imidazole rings is 1. The first-order valence-corrected chi connectivity index (χ1v) is 7.06. The van der Waals surface area contributed by atoms with E-state index in [1.165, 1.54) is 19.2 Å². The van der Waals surface area contributed by atoms with Crippen molar-refractivity contribution in [2.75, 3.05) is 7.11 Å². The highest BCUT2D eigenvalue weighted by Gasteiger charge is 2.15. The minimum Gasteiger partial charge on any atom is -0.494 e. The highest BCUT2D eigenvalue weighted by molar-refractivity contribution is 6.37. The van der Waals surface area contributed by atoms with Gasteiger partial charge < -0.3 is 14.6 Å². The summed E-state index contributed by atoms with van der Waals surface area (Å²) in [6, 6.07) is 3.00. The Labute approximate surface area is 132 Å². The first-order chi connectivity index (χ1) is 10.0. The summed E-state index contributed by atoms with van der Waals surface area (Å²) in [6.45, 7) is 2.54. The third kappa shape index (κ3) is 3.89. The second-order valence-corrected chi connectivity index (χ2v) is 5.42. The lowest BCUT2D eigenvalue weighted by molar-refractivity contribution is 0.0936. The monoisotopic (exact) mass is 327 g/mol. The Bertz CT molecular complexity index is 606. The fraction of sp³-hybridized carbons (Fsp3) is 0.286. The second-order valence-electron chi connectivity index (χ2n) is 4.61. The predicted octanol–water partition coefficient (Wildman–Crippen LogP) is 3.02. The minimum absolute atomic E-state index is 0.0636. The van der Waals surface area contributed by atoms with Crippen molar-refractivity contribution in [3.63, 3.8) is 0 Å². The summed E-state index contributed by atoms with van der Waals surface area (Å²) in [5.41, 5.74) is 0.392. The Kier molecular flexibility index (Phi) is 5.09. The molecule has 0 saturated carbocycles. The van der Waals surface area contributed by atoms with Gasteiger partial charge >= 0.3 is 0 Å². The van der Waals surface area contributed by atoms with Gasteiger partial charge in [0.1, 0.15) is 0 Å². The molecule has 0 spiro atoms. The Balaban J connectivity index is 2.06. The van der Waals surface area contributed by atoms with E-state index in [0.717, 1.165) is 0 Å². The van der Waals surface area contributed by atoms with Crippen LogP contribution >= 0.6 is 23.2 Å². The number of rotatable bonds is 5. The summed E-state index contributed by atoms with van der Waals surface area (Å²) in [5.74, 6) is 0.121. The smallest absolute Gasteiger partial charge is 0.251 e. The SMILES string of the molecule is COc1c(Cl)cc(C(=O)NC(C)Cn2ccnc2)cc1Cl.